The number of carbonyl (C=O) groups excluding carboxylic acids is 1. The van der Waals surface area contributed by atoms with Crippen LogP contribution in [0.3, 0.4) is 0 Å². The van der Waals surface area contributed by atoms with Crippen molar-refractivity contribution in [1.82, 2.24) is 4.90 Å². The van der Waals surface area contributed by atoms with Gasteiger partial charge in [-0.1, -0.05) is 6.07 Å². The maximum atomic E-state index is 13.0. The summed E-state index contributed by atoms with van der Waals surface area (Å²) in [6.07, 6.45) is 4.57. The summed E-state index contributed by atoms with van der Waals surface area (Å²) in [7, 11) is 0. The van der Waals surface area contributed by atoms with Crippen molar-refractivity contribution < 1.29 is 9.90 Å². The van der Waals surface area contributed by atoms with Crippen molar-refractivity contribution in [3.05, 3.63) is 58.7 Å². The van der Waals surface area contributed by atoms with Gasteiger partial charge in [0.05, 0.1) is 5.69 Å². The Balaban J connectivity index is 1.44. The van der Waals surface area contributed by atoms with Crippen LogP contribution in [0.2, 0.25) is 0 Å². The molecule has 2 unspecified atom stereocenters. The molecule has 1 N–H and O–H groups in total. The number of amides is 1. The Morgan fingerprint density at radius 3 is 3.00 bits per heavy atom. The van der Waals surface area contributed by atoms with E-state index in [2.05, 4.69) is 4.99 Å². The normalized spacial score (nSPS) is 23.2. The Hall–Kier alpha value is -2.62. The second-order valence-electron chi connectivity index (χ2n) is 6.91. The number of nitrogens with zero attached hydrogens (tertiary/aromatic N) is 2. The monoisotopic (exact) mass is 318 g/mol. The van der Waals surface area contributed by atoms with E-state index in [0.29, 0.717) is 11.7 Å². The van der Waals surface area contributed by atoms with Gasteiger partial charge in [-0.3, -0.25) is 9.79 Å². The Bertz CT molecular complexity index is 887. The molecule has 2 aromatic rings. The van der Waals surface area contributed by atoms with E-state index in [1.165, 1.54) is 11.1 Å². The summed E-state index contributed by atoms with van der Waals surface area (Å²) in [6, 6.07) is 11.7. The quantitative estimate of drug-likeness (QED) is 0.878. The van der Waals surface area contributed by atoms with Crippen molar-refractivity contribution in [3.8, 4) is 5.75 Å². The van der Waals surface area contributed by atoms with E-state index in [1.54, 1.807) is 6.07 Å². The number of benzene rings is 2. The molecule has 0 spiro atoms. The molecule has 4 nitrogen and oxygen atoms in total. The number of fused-ring (bicyclic) bond motifs is 4. The van der Waals surface area contributed by atoms with Gasteiger partial charge in [0.1, 0.15) is 5.75 Å². The summed E-state index contributed by atoms with van der Waals surface area (Å²) >= 11 is 0. The number of aliphatic imine (C=N–C) groups is 1. The predicted octanol–water partition coefficient (Wildman–Crippen LogP) is 3.21. The number of hydrogen-bond acceptors (Lipinski definition) is 3. The molecule has 1 fully saturated rings. The van der Waals surface area contributed by atoms with Crippen molar-refractivity contribution in [2.45, 2.75) is 31.2 Å². The fourth-order valence-corrected chi connectivity index (χ4v) is 4.48. The third-order valence-corrected chi connectivity index (χ3v) is 5.63. The molecule has 3 aliphatic rings. The van der Waals surface area contributed by atoms with E-state index >= 15 is 0 Å². The highest BCUT2D eigenvalue weighted by atomic mass is 16.3. The van der Waals surface area contributed by atoms with Gasteiger partial charge < -0.3 is 10.0 Å². The minimum atomic E-state index is 0.120. The van der Waals surface area contributed by atoms with E-state index in [9.17, 15) is 9.90 Å². The van der Waals surface area contributed by atoms with Crippen molar-refractivity contribution in [1.29, 1.82) is 0 Å². The van der Waals surface area contributed by atoms with E-state index in [1.807, 2.05) is 41.4 Å². The van der Waals surface area contributed by atoms with Gasteiger partial charge >= 0.3 is 0 Å². The molecular weight excluding hydrogens is 300 g/mol. The van der Waals surface area contributed by atoms with Gasteiger partial charge in [0, 0.05) is 36.7 Å². The minimum Gasteiger partial charge on any atom is -0.508 e. The number of aromatic hydroxyl groups is 1. The molecule has 120 valence electrons. The molecule has 2 aromatic carbocycles. The van der Waals surface area contributed by atoms with Crippen LogP contribution in [0.5, 0.6) is 5.75 Å². The van der Waals surface area contributed by atoms with Gasteiger partial charge in [0.15, 0.2) is 0 Å². The summed E-state index contributed by atoms with van der Waals surface area (Å²) in [5, 5.41) is 9.77. The molecule has 4 heteroatoms. The maximum Gasteiger partial charge on any atom is 0.254 e. The van der Waals surface area contributed by atoms with Crippen molar-refractivity contribution in [2.24, 2.45) is 4.99 Å². The minimum absolute atomic E-state index is 0.120. The Labute approximate surface area is 140 Å². The first kappa shape index (κ1) is 13.8. The Morgan fingerprint density at radius 2 is 2.08 bits per heavy atom. The summed E-state index contributed by atoms with van der Waals surface area (Å²) in [5.74, 6) is 0.792. The van der Waals surface area contributed by atoms with Gasteiger partial charge in [0.2, 0.25) is 0 Å². The molecule has 0 bridgehead atoms. The van der Waals surface area contributed by atoms with E-state index in [4.69, 9.17) is 0 Å². The highest BCUT2D eigenvalue weighted by Crippen LogP contribution is 2.44. The molecular formula is C20H18N2O2. The Kier molecular flexibility index (Phi) is 2.84. The van der Waals surface area contributed by atoms with Crippen LogP contribution in [-0.4, -0.2) is 34.7 Å². The second kappa shape index (κ2) is 4.94. The largest absolute Gasteiger partial charge is 0.508 e. The summed E-state index contributed by atoms with van der Waals surface area (Å²) < 4.78 is 0. The zero-order valence-electron chi connectivity index (χ0n) is 13.3. The lowest BCUT2D eigenvalue weighted by Crippen LogP contribution is -2.36. The van der Waals surface area contributed by atoms with E-state index in [0.717, 1.165) is 42.6 Å². The van der Waals surface area contributed by atoms with Crippen LogP contribution in [-0.2, 0) is 12.8 Å². The topological polar surface area (TPSA) is 52.9 Å². The lowest BCUT2D eigenvalue weighted by Gasteiger charge is -2.24. The average Bonchev–Trinajstić information content (AvgIpc) is 3.28. The fourth-order valence-electron chi connectivity index (χ4n) is 4.48. The second-order valence-corrected chi connectivity index (χ2v) is 6.91. The molecule has 2 atom stereocenters. The SMILES string of the molecule is O=C(c1ccc2c(c1)CC=N2)N1CCC2c3cc(O)ccc3CC21. The average molecular weight is 318 g/mol. The number of hydrogen-bond donors (Lipinski definition) is 1. The van der Waals surface area contributed by atoms with Crippen LogP contribution in [0.4, 0.5) is 5.69 Å². The molecule has 1 amide bonds. The van der Waals surface area contributed by atoms with Gasteiger partial charge in [0.25, 0.3) is 5.91 Å². The van der Waals surface area contributed by atoms with Gasteiger partial charge in [-0.25, -0.2) is 0 Å². The number of likely N-dealkylation sites (tertiary alicyclic amines) is 1. The lowest BCUT2D eigenvalue weighted by atomic mass is 9.98. The first-order chi connectivity index (χ1) is 11.7. The summed E-state index contributed by atoms with van der Waals surface area (Å²) in [5.41, 5.74) is 5.37. The summed E-state index contributed by atoms with van der Waals surface area (Å²) in [6.45, 7) is 0.789. The molecule has 0 aromatic heterocycles. The highest BCUT2D eigenvalue weighted by Gasteiger charge is 2.43. The first-order valence-electron chi connectivity index (χ1n) is 8.49. The fraction of sp³-hybridized carbons (Fsp3) is 0.300. The van der Waals surface area contributed by atoms with Gasteiger partial charge in [-0.2, -0.15) is 0 Å². The van der Waals surface area contributed by atoms with Crippen molar-refractivity contribution >= 4 is 17.8 Å². The van der Waals surface area contributed by atoms with Crippen LogP contribution in [0.1, 0.15) is 39.4 Å². The highest BCUT2D eigenvalue weighted by molar-refractivity contribution is 5.96. The smallest absolute Gasteiger partial charge is 0.254 e. The summed E-state index contributed by atoms with van der Waals surface area (Å²) in [4.78, 5) is 19.4. The van der Waals surface area contributed by atoms with E-state index < -0.39 is 0 Å². The molecule has 1 saturated heterocycles. The first-order valence-corrected chi connectivity index (χ1v) is 8.49. The van der Waals surface area contributed by atoms with E-state index in [-0.39, 0.29) is 11.9 Å². The van der Waals surface area contributed by atoms with Crippen molar-refractivity contribution in [3.63, 3.8) is 0 Å². The maximum absolute atomic E-state index is 13.0. The molecule has 24 heavy (non-hydrogen) atoms. The number of carbonyl (C=O) groups is 1. The van der Waals surface area contributed by atoms with Crippen molar-refractivity contribution in [2.75, 3.05) is 6.54 Å². The molecule has 1 aliphatic carbocycles. The molecule has 0 saturated carbocycles. The third kappa shape index (κ3) is 1.92. The van der Waals surface area contributed by atoms with Crippen LogP contribution in [0.15, 0.2) is 41.4 Å². The zero-order chi connectivity index (χ0) is 16.3. The van der Waals surface area contributed by atoms with Crippen LogP contribution in [0, 0.1) is 0 Å². The number of rotatable bonds is 1. The molecule has 2 aliphatic heterocycles. The predicted molar refractivity (Wildman–Crippen MR) is 92.3 cm³/mol. The van der Waals surface area contributed by atoms with Gasteiger partial charge in [-0.05, 0) is 59.9 Å². The van der Waals surface area contributed by atoms with Crippen LogP contribution >= 0.6 is 0 Å². The Morgan fingerprint density at radius 1 is 1.17 bits per heavy atom. The van der Waals surface area contributed by atoms with Gasteiger partial charge in [-0.15, -0.1) is 0 Å². The third-order valence-electron chi connectivity index (χ3n) is 5.63. The number of phenols is 1. The van der Waals surface area contributed by atoms with Crippen LogP contribution in [0.25, 0.3) is 0 Å². The van der Waals surface area contributed by atoms with Crippen LogP contribution < -0.4 is 0 Å². The molecule has 2 heterocycles. The lowest BCUT2D eigenvalue weighted by molar-refractivity contribution is 0.0735. The zero-order valence-corrected chi connectivity index (χ0v) is 13.3. The standard InChI is InChI=1S/C20H18N2O2/c23-15-3-1-12-10-19-16(17(12)11-15)6-8-22(19)20(24)14-2-4-18-13(9-14)5-7-21-18/h1-4,7,9,11,16,19,23H,5-6,8,10H2. The molecule has 5 rings (SSSR count). The molecule has 0 radical (unpaired) electrons. The number of phenolic OH excluding ortho intramolecular Hbond substituents is 1.